The van der Waals surface area contributed by atoms with Gasteiger partial charge in [-0.15, -0.1) is 21.8 Å². The Balaban J connectivity index is 1.53. The van der Waals surface area contributed by atoms with E-state index in [4.69, 9.17) is 21.2 Å². The minimum absolute atomic E-state index is 0.00712. The predicted octanol–water partition coefficient (Wildman–Crippen LogP) is -0.926. The van der Waals surface area contributed by atoms with Gasteiger partial charge in [0.1, 0.15) is 23.7 Å². The number of halogens is 1. The maximum atomic E-state index is 13.2. The summed E-state index contributed by atoms with van der Waals surface area (Å²) in [5.74, 6) is -1.31. The van der Waals surface area contributed by atoms with Crippen LogP contribution in [0.4, 0.5) is 9.93 Å². The quantitative estimate of drug-likeness (QED) is 0.0949. The first-order valence-electron chi connectivity index (χ1n) is 11.5. The summed E-state index contributed by atoms with van der Waals surface area (Å²) in [6.07, 6.45) is -0.754. The number of amides is 3. The number of tetrazole rings is 1. The Morgan fingerprint density at radius 2 is 2.13 bits per heavy atom. The Morgan fingerprint density at radius 3 is 2.74 bits per heavy atom. The van der Waals surface area contributed by atoms with Gasteiger partial charge in [0.05, 0.1) is 5.88 Å². The van der Waals surface area contributed by atoms with E-state index in [9.17, 15) is 18.9 Å². The van der Waals surface area contributed by atoms with Crippen molar-refractivity contribution in [1.82, 2.24) is 39.7 Å². The lowest BCUT2D eigenvalue weighted by molar-refractivity contribution is -0.143. The molecule has 208 valence electrons. The fraction of sp³-hybridized carbons (Fsp3) is 0.526. The third-order valence-corrected chi connectivity index (χ3v) is 7.73. The first kappa shape index (κ1) is 28.7. The molecule has 1 saturated heterocycles. The van der Waals surface area contributed by atoms with Crippen molar-refractivity contribution in [2.75, 3.05) is 23.6 Å². The normalized spacial score (nSPS) is 21.3. The summed E-state index contributed by atoms with van der Waals surface area (Å²) in [6, 6.07) is -1.15. The van der Waals surface area contributed by atoms with Crippen LogP contribution in [0.2, 0.25) is 0 Å². The molecule has 20 heteroatoms. The average Bonchev–Trinajstić information content (AvgIpc) is 3.49. The lowest BCUT2D eigenvalue weighted by Gasteiger charge is -2.49. The molecule has 2 aliphatic rings. The first-order valence-corrected chi connectivity index (χ1v) is 14.2. The van der Waals surface area contributed by atoms with Crippen LogP contribution >= 0.6 is 23.1 Å². The van der Waals surface area contributed by atoms with E-state index >= 15 is 0 Å². The second-order valence-corrected chi connectivity index (χ2v) is 11.7. The van der Waals surface area contributed by atoms with E-state index in [1.807, 2.05) is 0 Å². The number of ether oxygens (including phenoxy) is 1. The summed E-state index contributed by atoms with van der Waals surface area (Å²) in [7, 11) is 1.57. The second-order valence-electron chi connectivity index (χ2n) is 9.17. The van der Waals surface area contributed by atoms with Crippen LogP contribution in [-0.4, -0.2) is 106 Å². The number of rotatable bonds is 8. The Hall–Kier alpha value is -3.29. The van der Waals surface area contributed by atoms with Crippen molar-refractivity contribution in [2.24, 2.45) is 5.16 Å². The van der Waals surface area contributed by atoms with Crippen molar-refractivity contribution in [1.29, 1.82) is 0 Å². The van der Waals surface area contributed by atoms with Crippen LogP contribution in [0.1, 0.15) is 39.3 Å². The van der Waals surface area contributed by atoms with Gasteiger partial charge < -0.3 is 19.4 Å². The Labute approximate surface area is 235 Å². The number of β-lactam (4-membered cyclic amide) rings is 1. The fourth-order valence-corrected chi connectivity index (χ4v) is 6.21. The van der Waals surface area contributed by atoms with Gasteiger partial charge in [-0.2, -0.15) is 9.36 Å². The molecule has 4 heterocycles. The third kappa shape index (κ3) is 6.15. The van der Waals surface area contributed by atoms with E-state index < -0.39 is 46.1 Å². The molecule has 0 aliphatic carbocycles. The second kappa shape index (κ2) is 11.4. The molecule has 1 unspecified atom stereocenters. The van der Waals surface area contributed by atoms with E-state index in [0.29, 0.717) is 11.3 Å². The number of oxime groups is 1. The summed E-state index contributed by atoms with van der Waals surface area (Å²) in [6.45, 7) is 6.90. The van der Waals surface area contributed by atoms with E-state index in [0.717, 1.165) is 11.5 Å². The zero-order valence-corrected chi connectivity index (χ0v) is 23.9. The zero-order chi connectivity index (χ0) is 28.5. The van der Waals surface area contributed by atoms with Crippen LogP contribution in [0, 0.1) is 0 Å². The van der Waals surface area contributed by atoms with Gasteiger partial charge in [-0.25, -0.2) is 9.50 Å². The van der Waals surface area contributed by atoms with Crippen LogP contribution in [0.3, 0.4) is 0 Å². The van der Waals surface area contributed by atoms with Crippen LogP contribution in [0.5, 0.6) is 0 Å². The summed E-state index contributed by atoms with van der Waals surface area (Å²) >= 11 is 5.27. The molecule has 2 aromatic heterocycles. The first-order chi connectivity index (χ1) is 18.4. The molecule has 0 radical (unpaired) electrons. The molecule has 4 rings (SSSR count). The standard InChI is InChI=1S/C19H24BClN10O6S2/c1-5-36-27-9(12-23-17(38-28-12)24-18(34)37-19(2,3)4)14(32)22-10-15(33)30-11(13-25-29-31(20)26-13)8(6-21)7-39(35)16(10)30/h10,16H,5-7,20H2,1-4H3,(H,22,32)(H,23,24,28,34)/b27-9-/t10-,16-,39?/m1/s1. The van der Waals surface area contributed by atoms with Crippen molar-refractivity contribution in [3.63, 3.8) is 0 Å². The third-order valence-electron chi connectivity index (χ3n) is 5.12. The SMILES string of the molecule is Bn1nnc(C2=C(CCl)C[S+]([O-])[C@@H]3[C@H](NC(=O)/C(=N\OCC)c4nsc(NC(=O)OC(C)(C)C)n4)C(=O)N23)n1. The molecule has 3 amide bonds. The molecule has 39 heavy (non-hydrogen) atoms. The summed E-state index contributed by atoms with van der Waals surface area (Å²) in [4.78, 5) is 48.9. The highest BCUT2D eigenvalue weighted by Crippen LogP contribution is 2.40. The molecule has 0 saturated carbocycles. The lowest BCUT2D eigenvalue weighted by atomic mass is 10.0. The van der Waals surface area contributed by atoms with Crippen molar-refractivity contribution < 1.29 is 28.5 Å². The number of carbonyl (C=O) groups excluding carboxylic acids is 3. The summed E-state index contributed by atoms with van der Waals surface area (Å²) in [5.41, 5.74) is -0.233. The van der Waals surface area contributed by atoms with Gasteiger partial charge in [-0.3, -0.25) is 19.8 Å². The van der Waals surface area contributed by atoms with E-state index in [1.165, 1.54) is 9.61 Å². The number of carbonyl (C=O) groups is 3. The fourth-order valence-electron chi connectivity index (χ4n) is 3.63. The summed E-state index contributed by atoms with van der Waals surface area (Å²) in [5, 5.41) is 19.9. The van der Waals surface area contributed by atoms with Crippen LogP contribution in [0.25, 0.3) is 5.70 Å². The lowest BCUT2D eigenvalue weighted by Crippen LogP contribution is -2.74. The molecule has 0 bridgehead atoms. The van der Waals surface area contributed by atoms with Gasteiger partial charge in [0.2, 0.25) is 27.9 Å². The number of anilines is 1. The number of aromatic nitrogens is 6. The topological polar surface area (TPSA) is 202 Å². The van der Waals surface area contributed by atoms with Gasteiger partial charge in [0, 0.05) is 17.1 Å². The van der Waals surface area contributed by atoms with Gasteiger partial charge in [-0.1, -0.05) is 10.4 Å². The largest absolute Gasteiger partial charge is 0.614 e. The highest BCUT2D eigenvalue weighted by atomic mass is 35.5. The highest BCUT2D eigenvalue weighted by Gasteiger charge is 2.60. The van der Waals surface area contributed by atoms with Gasteiger partial charge >= 0.3 is 6.09 Å². The molecular weight excluding hydrogens is 575 g/mol. The van der Waals surface area contributed by atoms with Crippen molar-refractivity contribution in [2.45, 2.75) is 44.7 Å². The van der Waals surface area contributed by atoms with Gasteiger partial charge in [0.25, 0.3) is 19.8 Å². The van der Waals surface area contributed by atoms with Crippen LogP contribution < -0.4 is 10.6 Å². The zero-order valence-electron chi connectivity index (χ0n) is 21.5. The van der Waals surface area contributed by atoms with E-state index in [-0.39, 0.29) is 40.7 Å². The van der Waals surface area contributed by atoms with Crippen molar-refractivity contribution in [3.8, 4) is 0 Å². The molecule has 0 aromatic carbocycles. The molecule has 2 aliphatic heterocycles. The van der Waals surface area contributed by atoms with Gasteiger partial charge in [0.15, 0.2) is 6.04 Å². The average molecular weight is 599 g/mol. The van der Waals surface area contributed by atoms with Gasteiger partial charge in [-0.05, 0) is 38.9 Å². The maximum Gasteiger partial charge on any atom is 0.414 e. The predicted molar refractivity (Wildman–Crippen MR) is 143 cm³/mol. The Bertz CT molecular complexity index is 1340. The van der Waals surface area contributed by atoms with Crippen LogP contribution in [-0.2, 0) is 30.3 Å². The Morgan fingerprint density at radius 1 is 1.38 bits per heavy atom. The number of hydrogen-bond donors (Lipinski definition) is 2. The molecule has 2 N–H and O–H groups in total. The van der Waals surface area contributed by atoms with E-state index in [1.54, 1.807) is 35.7 Å². The highest BCUT2D eigenvalue weighted by molar-refractivity contribution is 7.92. The molecular formula is C19H24BClN10O6S2. The van der Waals surface area contributed by atoms with E-state index in [2.05, 4.69) is 40.6 Å². The number of nitrogens with zero attached hydrogens (tertiary/aromatic N) is 8. The molecule has 2 aromatic rings. The van der Waals surface area contributed by atoms with Crippen molar-refractivity contribution >= 4 is 76.7 Å². The molecule has 0 spiro atoms. The maximum absolute atomic E-state index is 13.2. The minimum Gasteiger partial charge on any atom is -0.614 e. The van der Waals surface area contributed by atoms with Crippen LogP contribution in [0.15, 0.2) is 10.7 Å². The number of alkyl halides is 1. The molecule has 3 atom stereocenters. The number of fused-ring (bicyclic) bond motifs is 1. The number of nitrogens with one attached hydrogen (secondary N) is 2. The monoisotopic (exact) mass is 598 g/mol. The molecule has 1 fully saturated rings. The Kier molecular flexibility index (Phi) is 8.43. The number of hydrogen-bond acceptors (Lipinski definition) is 13. The van der Waals surface area contributed by atoms with Crippen molar-refractivity contribution in [3.05, 3.63) is 17.2 Å². The smallest absolute Gasteiger partial charge is 0.414 e. The minimum atomic E-state index is -1.58. The molecule has 16 nitrogen and oxygen atoms in total. The summed E-state index contributed by atoms with van der Waals surface area (Å²) < 4.78 is 23.5.